The van der Waals surface area contributed by atoms with Gasteiger partial charge in [0.05, 0.1) is 6.61 Å². The van der Waals surface area contributed by atoms with Crippen molar-refractivity contribution < 1.29 is 49.4 Å². The summed E-state index contributed by atoms with van der Waals surface area (Å²) >= 11 is 0. The molecule has 0 unspecified atom stereocenters. The average Bonchev–Trinajstić information content (AvgIpc) is 2.82. The van der Waals surface area contributed by atoms with Gasteiger partial charge in [-0.05, 0) is 12.1 Å². The Morgan fingerprint density at radius 3 is 2.32 bits per heavy atom. The molecule has 1 heterocycles. The van der Waals surface area contributed by atoms with Gasteiger partial charge in [-0.15, -0.1) is 0 Å². The molecular weight excluding hydrogens is 340 g/mol. The summed E-state index contributed by atoms with van der Waals surface area (Å²) in [5, 5.41) is 43.7. The van der Waals surface area contributed by atoms with Crippen molar-refractivity contribution in [2.75, 3.05) is 6.61 Å². The fourth-order valence-corrected chi connectivity index (χ4v) is 1.71. The Hall–Kier alpha value is -3.11. The van der Waals surface area contributed by atoms with E-state index in [-0.39, 0.29) is 11.3 Å². The van der Waals surface area contributed by atoms with Crippen LogP contribution in [0.5, 0.6) is 5.75 Å². The Labute approximate surface area is 141 Å². The van der Waals surface area contributed by atoms with Crippen LogP contribution in [0.1, 0.15) is 17.3 Å². The highest BCUT2D eigenvalue weighted by Crippen LogP contribution is 2.21. The molecule has 1 aliphatic rings. The van der Waals surface area contributed by atoms with Crippen molar-refractivity contribution in [2.24, 2.45) is 0 Å². The predicted molar refractivity (Wildman–Crippen MR) is 80.0 cm³/mol. The van der Waals surface area contributed by atoms with Crippen LogP contribution >= 0.6 is 0 Å². The molecular formula is C15H16O10. The molecule has 0 aliphatic carbocycles. The molecule has 2 rings (SSSR count). The van der Waals surface area contributed by atoms with Gasteiger partial charge in [0.25, 0.3) is 0 Å². The number of benzene rings is 1. The van der Waals surface area contributed by atoms with Crippen LogP contribution in [0.4, 0.5) is 0 Å². The third-order valence-electron chi connectivity index (χ3n) is 2.85. The smallest absolute Gasteiger partial charge is 0.377 e. The van der Waals surface area contributed by atoms with Gasteiger partial charge in [0.2, 0.25) is 5.76 Å². The number of carbonyl (C=O) groups excluding carboxylic acids is 2. The maximum Gasteiger partial charge on any atom is 0.377 e. The van der Waals surface area contributed by atoms with E-state index in [1.165, 1.54) is 19.1 Å². The van der Waals surface area contributed by atoms with Crippen molar-refractivity contribution in [2.45, 2.75) is 19.1 Å². The van der Waals surface area contributed by atoms with Gasteiger partial charge in [-0.25, -0.2) is 9.59 Å². The first-order valence-corrected chi connectivity index (χ1v) is 6.81. The number of aliphatic hydroxyl groups excluding tert-OH is 4. The van der Waals surface area contributed by atoms with Gasteiger partial charge in [-0.3, -0.25) is 4.79 Å². The van der Waals surface area contributed by atoms with E-state index in [0.29, 0.717) is 0 Å². The number of rotatable bonds is 4. The fourth-order valence-electron chi connectivity index (χ4n) is 1.71. The first-order valence-electron chi connectivity index (χ1n) is 6.81. The lowest BCUT2D eigenvalue weighted by molar-refractivity contribution is -0.147. The van der Waals surface area contributed by atoms with Crippen LogP contribution in [-0.2, 0) is 14.3 Å². The highest BCUT2D eigenvalue weighted by atomic mass is 16.6. The number of carboxylic acid groups (broad SMARTS) is 1. The van der Waals surface area contributed by atoms with E-state index in [1.54, 1.807) is 12.1 Å². The minimum Gasteiger partial charge on any atom is -0.505 e. The SMILES string of the molecule is CC(=O)Oc1ccccc1C(=O)O.O=C1O[C@H]([C@@H](O)CO)C(O)=C1O. The maximum atomic E-state index is 10.6. The van der Waals surface area contributed by atoms with Gasteiger partial charge in [0.1, 0.15) is 17.4 Å². The molecule has 0 spiro atoms. The first kappa shape index (κ1) is 19.9. The summed E-state index contributed by atoms with van der Waals surface area (Å²) in [7, 11) is 0. The number of hydrogen-bond donors (Lipinski definition) is 5. The number of aromatic carboxylic acids is 1. The van der Waals surface area contributed by atoms with Crippen molar-refractivity contribution in [1.82, 2.24) is 0 Å². The fraction of sp³-hybridized carbons (Fsp3) is 0.267. The van der Waals surface area contributed by atoms with E-state index in [1.807, 2.05) is 0 Å². The van der Waals surface area contributed by atoms with E-state index in [9.17, 15) is 14.4 Å². The monoisotopic (exact) mass is 356 g/mol. The highest BCUT2D eigenvalue weighted by molar-refractivity contribution is 5.91. The van der Waals surface area contributed by atoms with E-state index in [2.05, 4.69) is 9.47 Å². The van der Waals surface area contributed by atoms with Gasteiger partial charge in [0.15, 0.2) is 11.9 Å². The summed E-state index contributed by atoms with van der Waals surface area (Å²) in [6.07, 6.45) is -2.78. The molecule has 0 saturated carbocycles. The molecule has 5 N–H and O–H groups in total. The predicted octanol–water partition coefficient (Wildman–Crippen LogP) is -0.0973. The lowest BCUT2D eigenvalue weighted by Crippen LogP contribution is -2.31. The van der Waals surface area contributed by atoms with Crippen LogP contribution in [0.3, 0.4) is 0 Å². The van der Waals surface area contributed by atoms with Crippen LogP contribution in [0.15, 0.2) is 35.8 Å². The summed E-state index contributed by atoms with van der Waals surface area (Å²) < 4.78 is 9.00. The molecule has 1 aliphatic heterocycles. The molecule has 136 valence electrons. The molecule has 1 aromatic carbocycles. The van der Waals surface area contributed by atoms with Crippen molar-refractivity contribution in [3.8, 4) is 5.75 Å². The molecule has 10 nitrogen and oxygen atoms in total. The summed E-state index contributed by atoms with van der Waals surface area (Å²) in [4.78, 5) is 31.7. The minimum absolute atomic E-state index is 0.0160. The summed E-state index contributed by atoms with van der Waals surface area (Å²) in [5.41, 5.74) is -0.0160. The number of cyclic esters (lactones) is 1. The van der Waals surface area contributed by atoms with E-state index in [4.69, 9.17) is 25.5 Å². The zero-order valence-corrected chi connectivity index (χ0v) is 12.9. The second kappa shape index (κ2) is 8.66. The molecule has 0 amide bonds. The molecule has 0 radical (unpaired) electrons. The van der Waals surface area contributed by atoms with Crippen molar-refractivity contribution in [3.05, 3.63) is 41.3 Å². The van der Waals surface area contributed by atoms with Crippen LogP contribution in [0, 0.1) is 0 Å². The number of ether oxygens (including phenoxy) is 2. The number of para-hydroxylation sites is 1. The third-order valence-corrected chi connectivity index (χ3v) is 2.85. The van der Waals surface area contributed by atoms with Gasteiger partial charge in [0, 0.05) is 6.92 Å². The van der Waals surface area contributed by atoms with E-state index < -0.39 is 48.2 Å². The normalized spacial score (nSPS) is 17.2. The number of hydrogen-bond acceptors (Lipinski definition) is 9. The van der Waals surface area contributed by atoms with Crippen molar-refractivity contribution in [1.29, 1.82) is 0 Å². The number of carboxylic acids is 1. The van der Waals surface area contributed by atoms with Gasteiger partial charge < -0.3 is 35.0 Å². The van der Waals surface area contributed by atoms with Crippen LogP contribution in [-0.4, -0.2) is 62.3 Å². The summed E-state index contributed by atoms with van der Waals surface area (Å²) in [6.45, 7) is 0.550. The largest absolute Gasteiger partial charge is 0.505 e. The topological polar surface area (TPSA) is 171 Å². The molecule has 1 aromatic rings. The lowest BCUT2D eigenvalue weighted by atomic mass is 10.2. The second-order valence-corrected chi connectivity index (χ2v) is 4.70. The minimum atomic E-state index is -1.42. The Kier molecular flexibility index (Phi) is 6.91. The Morgan fingerprint density at radius 2 is 1.88 bits per heavy atom. The lowest BCUT2D eigenvalue weighted by Gasteiger charge is -2.13. The molecule has 10 heteroatoms. The quantitative estimate of drug-likeness (QED) is 0.362. The molecule has 0 aromatic heterocycles. The summed E-state index contributed by atoms with van der Waals surface area (Å²) in [6, 6.07) is 5.98. The average molecular weight is 356 g/mol. The van der Waals surface area contributed by atoms with Gasteiger partial charge >= 0.3 is 17.9 Å². The van der Waals surface area contributed by atoms with Crippen LogP contribution in [0.2, 0.25) is 0 Å². The van der Waals surface area contributed by atoms with Gasteiger partial charge in [-0.2, -0.15) is 0 Å². The molecule has 2 atom stereocenters. The molecule has 0 fully saturated rings. The van der Waals surface area contributed by atoms with Gasteiger partial charge in [-0.1, -0.05) is 12.1 Å². The number of carbonyl (C=O) groups is 3. The second-order valence-electron chi connectivity index (χ2n) is 4.70. The third kappa shape index (κ3) is 5.19. The number of aliphatic hydroxyl groups is 4. The van der Waals surface area contributed by atoms with Crippen LogP contribution < -0.4 is 4.74 Å². The first-order chi connectivity index (χ1) is 11.7. The van der Waals surface area contributed by atoms with Crippen LogP contribution in [0.25, 0.3) is 0 Å². The van der Waals surface area contributed by atoms with E-state index >= 15 is 0 Å². The highest BCUT2D eigenvalue weighted by Gasteiger charge is 2.38. The standard InChI is InChI=1S/C9H8O4.C6H8O6/c1-6(10)13-8-5-3-2-4-7(8)9(11)12;7-1-2(8)5-3(9)4(10)6(11)12-5/h2-5H,1H3,(H,11,12);2,5,7-10H,1H2/t;2-,5+/m.0/s1. The zero-order chi connectivity index (χ0) is 19.1. The van der Waals surface area contributed by atoms with E-state index in [0.717, 1.165) is 0 Å². The Bertz CT molecular complexity index is 693. The Morgan fingerprint density at radius 1 is 1.28 bits per heavy atom. The summed E-state index contributed by atoms with van der Waals surface area (Å²) in [5.74, 6) is -4.35. The Balaban J connectivity index is 0.000000251. The maximum absolute atomic E-state index is 10.6. The molecule has 0 bridgehead atoms. The van der Waals surface area contributed by atoms with Crippen molar-refractivity contribution in [3.63, 3.8) is 0 Å². The molecule has 0 saturated heterocycles. The number of esters is 2. The zero-order valence-electron chi connectivity index (χ0n) is 12.9. The van der Waals surface area contributed by atoms with Crippen molar-refractivity contribution >= 4 is 17.9 Å². The molecule has 25 heavy (non-hydrogen) atoms.